The monoisotopic (exact) mass is 249 g/mol. The van der Waals surface area contributed by atoms with Crippen LogP contribution in [0.5, 0.6) is 0 Å². The van der Waals surface area contributed by atoms with E-state index in [1.54, 1.807) is 23.1 Å². The number of rotatable bonds is 4. The fourth-order valence-corrected chi connectivity index (χ4v) is 1.42. The van der Waals surface area contributed by atoms with E-state index in [0.717, 1.165) is 6.07 Å². The lowest BCUT2D eigenvalue weighted by Gasteiger charge is -2.06. The smallest absolute Gasteiger partial charge is 0.338 e. The second-order valence-electron chi connectivity index (χ2n) is 3.64. The lowest BCUT2D eigenvalue weighted by molar-refractivity contribution is 0.0487. The number of hydrogen-bond acceptors (Lipinski definition) is 4. The average Bonchev–Trinajstić information content (AvgIpc) is 2.85. The zero-order valence-corrected chi connectivity index (χ0v) is 9.54. The topological polar surface area (TPSA) is 70.1 Å². The molecule has 2 rings (SSSR count). The van der Waals surface area contributed by atoms with Gasteiger partial charge in [0.05, 0.1) is 17.8 Å². The van der Waals surface area contributed by atoms with Crippen LogP contribution in [-0.4, -0.2) is 22.4 Å². The lowest BCUT2D eigenvalue weighted by Crippen LogP contribution is -2.12. The van der Waals surface area contributed by atoms with E-state index in [9.17, 15) is 9.18 Å². The summed E-state index contributed by atoms with van der Waals surface area (Å²) in [4.78, 5) is 11.6. The number of benzene rings is 1. The number of aromatic nitrogens is 2. The first-order valence-corrected chi connectivity index (χ1v) is 5.36. The van der Waals surface area contributed by atoms with Gasteiger partial charge in [-0.2, -0.15) is 5.10 Å². The predicted octanol–water partition coefficient (Wildman–Crippen LogP) is 1.46. The second-order valence-corrected chi connectivity index (χ2v) is 3.64. The molecule has 0 saturated heterocycles. The van der Waals surface area contributed by atoms with Gasteiger partial charge in [-0.3, -0.25) is 4.68 Å². The summed E-state index contributed by atoms with van der Waals surface area (Å²) in [6.45, 7) is 0.660. The molecule has 18 heavy (non-hydrogen) atoms. The van der Waals surface area contributed by atoms with Crippen LogP contribution in [0, 0.1) is 5.82 Å². The zero-order chi connectivity index (χ0) is 13.0. The summed E-state index contributed by atoms with van der Waals surface area (Å²) in [6.07, 6.45) is 3.41. The van der Waals surface area contributed by atoms with Crippen molar-refractivity contribution in [2.45, 2.75) is 6.54 Å². The Morgan fingerprint density at radius 3 is 3.00 bits per heavy atom. The van der Waals surface area contributed by atoms with Gasteiger partial charge in [0, 0.05) is 12.4 Å². The summed E-state index contributed by atoms with van der Waals surface area (Å²) in [6, 6.07) is 5.51. The van der Waals surface area contributed by atoms with E-state index in [0.29, 0.717) is 6.54 Å². The minimum Gasteiger partial charge on any atom is -0.460 e. The van der Waals surface area contributed by atoms with Crippen LogP contribution in [0.3, 0.4) is 0 Å². The minimum absolute atomic E-state index is 0.0727. The van der Waals surface area contributed by atoms with Crippen molar-refractivity contribution in [2.24, 2.45) is 0 Å². The van der Waals surface area contributed by atoms with Gasteiger partial charge in [0.2, 0.25) is 0 Å². The summed E-state index contributed by atoms with van der Waals surface area (Å²) in [5.74, 6) is -1.09. The number of ether oxygens (including phenoxy) is 1. The number of hydrogen-bond donors (Lipinski definition) is 1. The molecule has 0 atom stereocenters. The maximum atomic E-state index is 12.9. The van der Waals surface area contributed by atoms with Crippen LogP contribution < -0.4 is 5.73 Å². The average molecular weight is 249 g/mol. The Hall–Kier alpha value is -2.37. The Bertz CT molecular complexity index is 540. The molecule has 1 aromatic carbocycles. The third kappa shape index (κ3) is 2.85. The lowest BCUT2D eigenvalue weighted by atomic mass is 10.2. The molecule has 2 N–H and O–H groups in total. The maximum absolute atomic E-state index is 12.9. The van der Waals surface area contributed by atoms with Gasteiger partial charge in [0.25, 0.3) is 0 Å². The first-order chi connectivity index (χ1) is 8.66. The molecule has 0 fully saturated rings. The number of nitrogens with two attached hydrogens (primary N) is 1. The highest BCUT2D eigenvalue weighted by Crippen LogP contribution is 2.13. The van der Waals surface area contributed by atoms with E-state index in [-0.39, 0.29) is 17.9 Å². The van der Waals surface area contributed by atoms with E-state index < -0.39 is 11.8 Å². The predicted molar refractivity (Wildman–Crippen MR) is 63.3 cm³/mol. The van der Waals surface area contributed by atoms with Crippen molar-refractivity contribution in [3.8, 4) is 0 Å². The van der Waals surface area contributed by atoms with Crippen molar-refractivity contribution in [2.75, 3.05) is 12.3 Å². The zero-order valence-electron chi connectivity index (χ0n) is 9.54. The molecule has 1 aromatic heterocycles. The van der Waals surface area contributed by atoms with Crippen molar-refractivity contribution in [3.63, 3.8) is 0 Å². The van der Waals surface area contributed by atoms with Gasteiger partial charge < -0.3 is 10.5 Å². The number of esters is 1. The van der Waals surface area contributed by atoms with E-state index in [4.69, 9.17) is 10.5 Å². The third-order valence-corrected chi connectivity index (χ3v) is 2.34. The van der Waals surface area contributed by atoms with Crippen LogP contribution in [0.1, 0.15) is 10.4 Å². The number of carbonyl (C=O) groups excluding carboxylic acids is 1. The summed E-state index contributed by atoms with van der Waals surface area (Å²) < 4.78 is 19.6. The van der Waals surface area contributed by atoms with Gasteiger partial charge in [0.1, 0.15) is 12.4 Å². The Morgan fingerprint density at radius 2 is 2.33 bits per heavy atom. The molecule has 0 bridgehead atoms. The molecule has 5 nitrogen and oxygen atoms in total. The normalized spacial score (nSPS) is 10.3. The van der Waals surface area contributed by atoms with E-state index in [1.807, 2.05) is 0 Å². The summed E-state index contributed by atoms with van der Waals surface area (Å²) in [5.41, 5.74) is 5.53. The number of halogens is 1. The Labute approximate surface area is 103 Å². The highest BCUT2D eigenvalue weighted by Gasteiger charge is 2.09. The second kappa shape index (κ2) is 5.31. The van der Waals surface area contributed by atoms with Crippen molar-refractivity contribution in [1.82, 2.24) is 9.78 Å². The number of carbonyl (C=O) groups is 1. The van der Waals surface area contributed by atoms with Gasteiger partial charge in [-0.05, 0) is 24.3 Å². The number of anilines is 1. The van der Waals surface area contributed by atoms with Crippen LogP contribution >= 0.6 is 0 Å². The Morgan fingerprint density at radius 1 is 1.50 bits per heavy atom. The van der Waals surface area contributed by atoms with Gasteiger partial charge in [-0.15, -0.1) is 0 Å². The first kappa shape index (κ1) is 12.1. The van der Waals surface area contributed by atoms with Crippen LogP contribution in [0.15, 0.2) is 36.7 Å². The van der Waals surface area contributed by atoms with E-state index in [2.05, 4.69) is 5.10 Å². The van der Waals surface area contributed by atoms with Crippen molar-refractivity contribution < 1.29 is 13.9 Å². The molecule has 0 aliphatic rings. The summed E-state index contributed by atoms with van der Waals surface area (Å²) >= 11 is 0. The number of nitrogens with zero attached hydrogens (tertiary/aromatic N) is 2. The van der Waals surface area contributed by atoms with E-state index in [1.165, 1.54) is 12.1 Å². The molecule has 94 valence electrons. The molecule has 0 saturated carbocycles. The molecule has 0 aliphatic heterocycles. The fraction of sp³-hybridized carbons (Fsp3) is 0.167. The number of nitrogen functional groups attached to an aromatic ring is 1. The highest BCUT2D eigenvalue weighted by molar-refractivity contribution is 5.90. The molecule has 0 spiro atoms. The SMILES string of the molecule is Nc1cc(C(=O)OCCn2cccn2)ccc1F. The standard InChI is InChI=1S/C12H12FN3O2/c13-10-3-2-9(8-11(10)14)12(17)18-7-6-16-5-1-4-15-16/h1-5,8H,6-7,14H2. The summed E-state index contributed by atoms with van der Waals surface area (Å²) in [7, 11) is 0. The van der Waals surface area contributed by atoms with Crippen molar-refractivity contribution >= 4 is 11.7 Å². The molecule has 0 amide bonds. The van der Waals surface area contributed by atoms with Crippen LogP contribution in [-0.2, 0) is 11.3 Å². The molecule has 1 heterocycles. The molecule has 2 aromatic rings. The maximum Gasteiger partial charge on any atom is 0.338 e. The van der Waals surface area contributed by atoms with Crippen molar-refractivity contribution in [1.29, 1.82) is 0 Å². The highest BCUT2D eigenvalue weighted by atomic mass is 19.1. The van der Waals surface area contributed by atoms with Crippen LogP contribution in [0.25, 0.3) is 0 Å². The fourth-order valence-electron chi connectivity index (χ4n) is 1.42. The third-order valence-electron chi connectivity index (χ3n) is 2.34. The first-order valence-electron chi connectivity index (χ1n) is 5.36. The molecular weight excluding hydrogens is 237 g/mol. The van der Waals surface area contributed by atoms with Crippen LogP contribution in [0.2, 0.25) is 0 Å². The quantitative estimate of drug-likeness (QED) is 0.658. The Kier molecular flexibility index (Phi) is 3.57. The van der Waals surface area contributed by atoms with Gasteiger partial charge in [0.15, 0.2) is 0 Å². The largest absolute Gasteiger partial charge is 0.460 e. The molecule has 6 heteroatoms. The molecular formula is C12H12FN3O2. The van der Waals surface area contributed by atoms with E-state index >= 15 is 0 Å². The van der Waals surface area contributed by atoms with Gasteiger partial charge in [-0.1, -0.05) is 0 Å². The molecule has 0 radical (unpaired) electrons. The summed E-state index contributed by atoms with van der Waals surface area (Å²) in [5, 5.41) is 3.97. The molecule has 0 aliphatic carbocycles. The molecule has 0 unspecified atom stereocenters. The van der Waals surface area contributed by atoms with Gasteiger partial charge in [-0.25, -0.2) is 9.18 Å². The minimum atomic E-state index is -0.553. The van der Waals surface area contributed by atoms with Gasteiger partial charge >= 0.3 is 5.97 Å². The van der Waals surface area contributed by atoms with Crippen LogP contribution in [0.4, 0.5) is 10.1 Å². The Balaban J connectivity index is 1.89. The van der Waals surface area contributed by atoms with Crippen molar-refractivity contribution in [3.05, 3.63) is 48.0 Å².